The van der Waals surface area contributed by atoms with E-state index >= 15 is 0 Å². The first-order valence-electron chi connectivity index (χ1n) is 7.69. The first-order chi connectivity index (χ1) is 11.6. The monoisotopic (exact) mass is 343 g/mol. The molecule has 0 aliphatic heterocycles. The molecule has 0 saturated heterocycles. The normalized spacial score (nSPS) is 15.0. The maximum Gasteiger partial charge on any atom is 0.127 e. The Balaban J connectivity index is 1.82. The molecule has 0 bridgehead atoms. The summed E-state index contributed by atoms with van der Waals surface area (Å²) in [5, 5.41) is 7.46. The second kappa shape index (κ2) is 7.05. The molecule has 2 aromatic carbocycles. The fourth-order valence-electron chi connectivity index (χ4n) is 2.53. The average Bonchev–Trinajstić information content (AvgIpc) is 3.11. The third-order valence-corrected chi connectivity index (χ3v) is 5.88. The summed E-state index contributed by atoms with van der Waals surface area (Å²) >= 11 is 0. The first-order valence-corrected chi connectivity index (χ1v) is 8.97. The highest BCUT2D eigenvalue weighted by atomic mass is 32.2. The lowest BCUT2D eigenvalue weighted by molar-refractivity contribution is 0.605. The van der Waals surface area contributed by atoms with Gasteiger partial charge < -0.3 is 0 Å². The molecule has 1 aromatic heterocycles. The van der Waals surface area contributed by atoms with Crippen LogP contribution < -0.4 is 0 Å². The Morgan fingerprint density at radius 1 is 1.00 bits per heavy atom. The van der Waals surface area contributed by atoms with E-state index in [1.165, 1.54) is 6.07 Å². The molecule has 0 spiro atoms. The van der Waals surface area contributed by atoms with Gasteiger partial charge in [0, 0.05) is 16.4 Å². The molecule has 0 fully saturated rings. The molecule has 1 heterocycles. The van der Waals surface area contributed by atoms with Crippen LogP contribution in [0, 0.1) is 5.82 Å². The molecule has 3 atom stereocenters. The zero-order valence-electron chi connectivity index (χ0n) is 13.5. The Hall–Kier alpha value is -2.34. The quantitative estimate of drug-likeness (QED) is 0.704. The van der Waals surface area contributed by atoms with Crippen molar-refractivity contribution in [2.75, 3.05) is 0 Å². The Morgan fingerprint density at radius 3 is 2.38 bits per heavy atom. The molecule has 124 valence electrons. The Kier molecular flexibility index (Phi) is 4.85. The SMILES string of the molecule is CC(c1cn(-c2ccccc2)nn1)S(=O)C(C)c1ccccc1F. The van der Waals surface area contributed by atoms with Crippen molar-refractivity contribution < 1.29 is 8.60 Å². The van der Waals surface area contributed by atoms with Crippen LogP contribution >= 0.6 is 0 Å². The Bertz CT molecular complexity index is 850. The zero-order valence-corrected chi connectivity index (χ0v) is 14.3. The number of hydrogen-bond acceptors (Lipinski definition) is 3. The van der Waals surface area contributed by atoms with E-state index in [1.807, 2.05) is 37.3 Å². The lowest BCUT2D eigenvalue weighted by Gasteiger charge is -2.16. The van der Waals surface area contributed by atoms with Crippen molar-refractivity contribution >= 4 is 10.8 Å². The molecule has 4 nitrogen and oxygen atoms in total. The van der Waals surface area contributed by atoms with E-state index < -0.39 is 16.0 Å². The molecule has 6 heteroatoms. The van der Waals surface area contributed by atoms with E-state index in [0.717, 1.165) is 5.69 Å². The summed E-state index contributed by atoms with van der Waals surface area (Å²) < 4.78 is 28.4. The van der Waals surface area contributed by atoms with E-state index in [4.69, 9.17) is 0 Å². The maximum atomic E-state index is 13.9. The van der Waals surface area contributed by atoms with Crippen molar-refractivity contribution in [2.24, 2.45) is 0 Å². The van der Waals surface area contributed by atoms with Gasteiger partial charge in [0.05, 0.1) is 28.1 Å². The Morgan fingerprint density at radius 2 is 1.67 bits per heavy atom. The number of para-hydroxylation sites is 1. The van der Waals surface area contributed by atoms with Gasteiger partial charge in [-0.05, 0) is 32.0 Å². The standard InChI is InChI=1S/C18H18FN3OS/c1-13(16-10-6-7-11-17(16)19)24(23)14(2)18-12-22(21-20-18)15-8-4-3-5-9-15/h3-14H,1-2H3. The number of benzene rings is 2. The average molecular weight is 343 g/mol. The number of aromatic nitrogens is 3. The fraction of sp³-hybridized carbons (Fsp3) is 0.222. The summed E-state index contributed by atoms with van der Waals surface area (Å²) in [4.78, 5) is 0. The minimum atomic E-state index is -1.32. The predicted molar refractivity (Wildman–Crippen MR) is 92.7 cm³/mol. The van der Waals surface area contributed by atoms with Crippen LogP contribution in [0.1, 0.15) is 35.6 Å². The van der Waals surface area contributed by atoms with Gasteiger partial charge in [-0.15, -0.1) is 5.10 Å². The van der Waals surface area contributed by atoms with Gasteiger partial charge in [0.2, 0.25) is 0 Å². The number of nitrogens with zero attached hydrogens (tertiary/aromatic N) is 3. The highest BCUT2D eigenvalue weighted by Gasteiger charge is 2.25. The maximum absolute atomic E-state index is 13.9. The highest BCUT2D eigenvalue weighted by Crippen LogP contribution is 2.30. The number of hydrogen-bond donors (Lipinski definition) is 0. The predicted octanol–water partition coefficient (Wildman–Crippen LogP) is 3.98. The summed E-state index contributed by atoms with van der Waals surface area (Å²) in [5.41, 5.74) is 1.97. The second-order valence-corrected chi connectivity index (χ2v) is 7.63. The van der Waals surface area contributed by atoms with Crippen LogP contribution in [-0.4, -0.2) is 19.2 Å². The molecule has 0 aliphatic carbocycles. The molecule has 3 aromatic rings. The van der Waals surface area contributed by atoms with Gasteiger partial charge in [0.25, 0.3) is 0 Å². The molecule has 3 rings (SSSR count). The van der Waals surface area contributed by atoms with Crippen molar-refractivity contribution in [3.63, 3.8) is 0 Å². The molecular weight excluding hydrogens is 325 g/mol. The van der Waals surface area contributed by atoms with Crippen LogP contribution in [0.25, 0.3) is 5.69 Å². The van der Waals surface area contributed by atoms with E-state index in [0.29, 0.717) is 11.3 Å². The van der Waals surface area contributed by atoms with E-state index in [-0.39, 0.29) is 11.1 Å². The third-order valence-electron chi connectivity index (χ3n) is 3.99. The fourth-order valence-corrected chi connectivity index (χ4v) is 3.92. The van der Waals surface area contributed by atoms with Crippen molar-refractivity contribution in [3.8, 4) is 5.69 Å². The van der Waals surface area contributed by atoms with E-state index in [9.17, 15) is 8.60 Å². The van der Waals surface area contributed by atoms with Gasteiger partial charge in [-0.3, -0.25) is 4.21 Å². The molecule has 0 aliphatic rings. The Labute approximate surface area is 142 Å². The molecule has 3 unspecified atom stereocenters. The molecular formula is C18H18FN3OS. The number of rotatable bonds is 5. The zero-order chi connectivity index (χ0) is 17.1. The van der Waals surface area contributed by atoms with Crippen LogP contribution in [-0.2, 0) is 10.8 Å². The van der Waals surface area contributed by atoms with Gasteiger partial charge in [-0.1, -0.05) is 41.6 Å². The van der Waals surface area contributed by atoms with Crippen LogP contribution in [0.4, 0.5) is 4.39 Å². The van der Waals surface area contributed by atoms with Gasteiger partial charge in [0.1, 0.15) is 5.82 Å². The van der Waals surface area contributed by atoms with Crippen molar-refractivity contribution in [2.45, 2.75) is 24.3 Å². The van der Waals surface area contributed by atoms with E-state index in [2.05, 4.69) is 10.3 Å². The smallest absolute Gasteiger partial charge is 0.127 e. The van der Waals surface area contributed by atoms with Gasteiger partial charge in [-0.2, -0.15) is 0 Å². The van der Waals surface area contributed by atoms with Crippen LogP contribution in [0.5, 0.6) is 0 Å². The largest absolute Gasteiger partial charge is 0.258 e. The summed E-state index contributed by atoms with van der Waals surface area (Å²) in [6.07, 6.45) is 1.77. The second-order valence-electron chi connectivity index (χ2n) is 5.56. The molecule has 0 amide bonds. The summed E-state index contributed by atoms with van der Waals surface area (Å²) in [5.74, 6) is -0.335. The first kappa shape index (κ1) is 16.5. The van der Waals surface area contributed by atoms with Gasteiger partial charge in [0.15, 0.2) is 0 Å². The molecule has 24 heavy (non-hydrogen) atoms. The van der Waals surface area contributed by atoms with Crippen LogP contribution in [0.15, 0.2) is 60.8 Å². The summed E-state index contributed by atoms with van der Waals surface area (Å²) in [6, 6.07) is 16.0. The minimum absolute atomic E-state index is 0.335. The van der Waals surface area contributed by atoms with Crippen LogP contribution in [0.2, 0.25) is 0 Å². The number of halogens is 1. The molecule has 0 radical (unpaired) electrons. The van der Waals surface area contributed by atoms with Gasteiger partial charge in [-0.25, -0.2) is 9.07 Å². The van der Waals surface area contributed by atoms with Gasteiger partial charge >= 0.3 is 0 Å². The molecule has 0 saturated carbocycles. The third kappa shape index (κ3) is 3.28. The lowest BCUT2D eigenvalue weighted by Crippen LogP contribution is -2.11. The van der Waals surface area contributed by atoms with Crippen molar-refractivity contribution in [1.29, 1.82) is 0 Å². The van der Waals surface area contributed by atoms with E-state index in [1.54, 1.807) is 36.0 Å². The lowest BCUT2D eigenvalue weighted by atomic mass is 10.1. The van der Waals surface area contributed by atoms with Crippen molar-refractivity contribution in [3.05, 3.63) is 77.9 Å². The minimum Gasteiger partial charge on any atom is -0.258 e. The summed E-state index contributed by atoms with van der Waals surface area (Å²) in [7, 11) is -1.32. The molecule has 0 N–H and O–H groups in total. The summed E-state index contributed by atoms with van der Waals surface area (Å²) in [6.45, 7) is 3.60. The topological polar surface area (TPSA) is 47.8 Å². The highest BCUT2D eigenvalue weighted by molar-refractivity contribution is 7.85. The van der Waals surface area contributed by atoms with Crippen LogP contribution in [0.3, 0.4) is 0 Å². The van der Waals surface area contributed by atoms with Crippen molar-refractivity contribution in [1.82, 2.24) is 15.0 Å².